The molecular formula is C19H22N2O4S. The molecule has 2 unspecified atom stereocenters. The number of ether oxygens (including phenoxy) is 1. The maximum atomic E-state index is 12.8. The Labute approximate surface area is 156 Å². The number of carbonyl (C=O) groups excluding carboxylic acids is 2. The van der Waals surface area contributed by atoms with E-state index in [-0.39, 0.29) is 23.6 Å². The van der Waals surface area contributed by atoms with Crippen LogP contribution in [0, 0.1) is 0 Å². The van der Waals surface area contributed by atoms with Crippen molar-refractivity contribution in [2.75, 3.05) is 18.6 Å². The van der Waals surface area contributed by atoms with Crippen LogP contribution in [0.15, 0.2) is 47.1 Å². The van der Waals surface area contributed by atoms with Gasteiger partial charge in [0.15, 0.2) is 5.76 Å². The summed E-state index contributed by atoms with van der Waals surface area (Å²) < 4.78 is 10.7. The molecular weight excluding hydrogens is 352 g/mol. The number of furan rings is 1. The topological polar surface area (TPSA) is 80.6 Å². The number of hydrogen-bond donors (Lipinski definition) is 2. The molecule has 0 fully saturated rings. The zero-order valence-corrected chi connectivity index (χ0v) is 15.4. The van der Waals surface area contributed by atoms with Gasteiger partial charge >= 0.3 is 0 Å². The van der Waals surface area contributed by atoms with Crippen LogP contribution < -0.4 is 15.4 Å². The van der Waals surface area contributed by atoms with Gasteiger partial charge in [-0.05, 0) is 36.6 Å². The monoisotopic (exact) mass is 374 g/mol. The van der Waals surface area contributed by atoms with Gasteiger partial charge in [-0.15, -0.1) is 0 Å². The fourth-order valence-corrected chi connectivity index (χ4v) is 3.38. The SMILES string of the molecule is CSCCC(NC(=O)c1ccco1)C(=O)NC1CCOc2ccccc21. The number of para-hydroxylation sites is 1. The van der Waals surface area contributed by atoms with Crippen molar-refractivity contribution in [3.05, 3.63) is 54.0 Å². The molecule has 0 saturated carbocycles. The third-order valence-electron chi connectivity index (χ3n) is 4.25. The van der Waals surface area contributed by atoms with E-state index in [4.69, 9.17) is 9.15 Å². The Bertz CT molecular complexity index is 748. The highest BCUT2D eigenvalue weighted by Gasteiger charge is 2.27. The van der Waals surface area contributed by atoms with Gasteiger partial charge in [-0.1, -0.05) is 18.2 Å². The summed E-state index contributed by atoms with van der Waals surface area (Å²) in [5, 5.41) is 5.84. The predicted octanol–water partition coefficient (Wildman–Crippen LogP) is 2.77. The van der Waals surface area contributed by atoms with Crippen molar-refractivity contribution >= 4 is 23.6 Å². The maximum Gasteiger partial charge on any atom is 0.287 e. The van der Waals surface area contributed by atoms with E-state index < -0.39 is 6.04 Å². The summed E-state index contributed by atoms with van der Waals surface area (Å²) in [7, 11) is 0. The maximum absolute atomic E-state index is 12.8. The van der Waals surface area contributed by atoms with Gasteiger partial charge in [-0.25, -0.2) is 0 Å². The Hall–Kier alpha value is -2.41. The summed E-state index contributed by atoms with van der Waals surface area (Å²) in [4.78, 5) is 25.1. The van der Waals surface area contributed by atoms with Crippen molar-refractivity contribution in [1.29, 1.82) is 0 Å². The lowest BCUT2D eigenvalue weighted by Crippen LogP contribution is -2.48. The van der Waals surface area contributed by atoms with Gasteiger partial charge in [0.2, 0.25) is 5.91 Å². The number of amides is 2. The summed E-state index contributed by atoms with van der Waals surface area (Å²) in [6.45, 7) is 0.552. The predicted molar refractivity (Wildman–Crippen MR) is 100 cm³/mol. The smallest absolute Gasteiger partial charge is 0.287 e. The van der Waals surface area contributed by atoms with Crippen LogP contribution in [0.25, 0.3) is 0 Å². The van der Waals surface area contributed by atoms with E-state index in [1.54, 1.807) is 23.9 Å². The van der Waals surface area contributed by atoms with Crippen LogP contribution in [0.3, 0.4) is 0 Å². The van der Waals surface area contributed by atoms with Crippen LogP contribution >= 0.6 is 11.8 Å². The average molecular weight is 374 g/mol. The number of thioether (sulfide) groups is 1. The normalized spacial score (nSPS) is 16.9. The molecule has 7 heteroatoms. The highest BCUT2D eigenvalue weighted by molar-refractivity contribution is 7.98. The number of rotatable bonds is 7. The van der Waals surface area contributed by atoms with Gasteiger partial charge in [-0.3, -0.25) is 9.59 Å². The molecule has 2 N–H and O–H groups in total. The number of fused-ring (bicyclic) bond motifs is 1. The molecule has 1 aliphatic rings. The minimum atomic E-state index is -0.616. The molecule has 0 radical (unpaired) electrons. The molecule has 1 aliphatic heterocycles. The Morgan fingerprint density at radius 3 is 2.88 bits per heavy atom. The molecule has 138 valence electrons. The van der Waals surface area contributed by atoms with Crippen LogP contribution in [-0.4, -0.2) is 36.5 Å². The summed E-state index contributed by atoms with van der Waals surface area (Å²) in [6, 6.07) is 10.2. The van der Waals surface area contributed by atoms with E-state index in [1.165, 1.54) is 6.26 Å². The molecule has 6 nitrogen and oxygen atoms in total. The standard InChI is InChI=1S/C19H22N2O4S/c1-26-12-9-15(21-19(23)17-7-4-10-24-17)18(22)20-14-8-11-25-16-6-3-2-5-13(14)16/h2-7,10,14-15H,8-9,11-12H2,1H3,(H,20,22)(H,21,23). The summed E-state index contributed by atoms with van der Waals surface area (Å²) in [6.07, 6.45) is 4.65. The Kier molecular flexibility index (Phi) is 6.22. The van der Waals surface area contributed by atoms with Crippen LogP contribution in [-0.2, 0) is 4.79 Å². The van der Waals surface area contributed by atoms with Crippen molar-refractivity contribution in [3.8, 4) is 5.75 Å². The van der Waals surface area contributed by atoms with Crippen LogP contribution in [0.5, 0.6) is 5.75 Å². The zero-order chi connectivity index (χ0) is 18.4. The van der Waals surface area contributed by atoms with E-state index in [1.807, 2.05) is 30.5 Å². The van der Waals surface area contributed by atoms with E-state index in [0.29, 0.717) is 19.4 Å². The van der Waals surface area contributed by atoms with E-state index >= 15 is 0 Å². The number of nitrogens with one attached hydrogen (secondary N) is 2. The van der Waals surface area contributed by atoms with Crippen LogP contribution in [0.4, 0.5) is 0 Å². The number of benzene rings is 1. The fourth-order valence-electron chi connectivity index (χ4n) is 2.91. The largest absolute Gasteiger partial charge is 0.493 e. The van der Waals surface area contributed by atoms with Crippen molar-refractivity contribution in [3.63, 3.8) is 0 Å². The van der Waals surface area contributed by atoms with Gasteiger partial charge in [0.1, 0.15) is 11.8 Å². The highest BCUT2D eigenvalue weighted by Crippen LogP contribution is 2.31. The van der Waals surface area contributed by atoms with E-state index in [2.05, 4.69) is 10.6 Å². The molecule has 0 aliphatic carbocycles. The van der Waals surface area contributed by atoms with Gasteiger partial charge in [0.05, 0.1) is 18.9 Å². The molecule has 0 spiro atoms. The second-order valence-corrected chi connectivity index (χ2v) is 7.01. The van der Waals surface area contributed by atoms with Crippen molar-refractivity contribution in [2.45, 2.75) is 24.9 Å². The summed E-state index contributed by atoms with van der Waals surface area (Å²) >= 11 is 1.63. The van der Waals surface area contributed by atoms with Gasteiger partial charge in [0, 0.05) is 12.0 Å². The lowest BCUT2D eigenvalue weighted by molar-refractivity contribution is -0.124. The molecule has 0 bridgehead atoms. The third-order valence-corrected chi connectivity index (χ3v) is 4.90. The van der Waals surface area contributed by atoms with Crippen molar-refractivity contribution in [1.82, 2.24) is 10.6 Å². The molecule has 1 aromatic heterocycles. The van der Waals surface area contributed by atoms with E-state index in [0.717, 1.165) is 17.1 Å². The first kappa shape index (κ1) is 18.4. The Balaban J connectivity index is 1.69. The lowest BCUT2D eigenvalue weighted by Gasteiger charge is -2.28. The third kappa shape index (κ3) is 4.40. The van der Waals surface area contributed by atoms with Gasteiger partial charge in [-0.2, -0.15) is 11.8 Å². The van der Waals surface area contributed by atoms with E-state index in [9.17, 15) is 9.59 Å². The summed E-state index contributed by atoms with van der Waals surface area (Å²) in [5.74, 6) is 1.18. The molecule has 0 saturated heterocycles. The minimum absolute atomic E-state index is 0.121. The van der Waals surface area contributed by atoms with Crippen molar-refractivity contribution in [2.24, 2.45) is 0 Å². The van der Waals surface area contributed by atoms with Crippen LogP contribution in [0.1, 0.15) is 35.0 Å². The van der Waals surface area contributed by atoms with Crippen LogP contribution in [0.2, 0.25) is 0 Å². The first-order valence-corrected chi connectivity index (χ1v) is 9.94. The average Bonchev–Trinajstić information content (AvgIpc) is 3.20. The Morgan fingerprint density at radius 2 is 2.12 bits per heavy atom. The molecule has 3 rings (SSSR count). The number of hydrogen-bond acceptors (Lipinski definition) is 5. The van der Waals surface area contributed by atoms with Crippen molar-refractivity contribution < 1.29 is 18.7 Å². The molecule has 2 amide bonds. The molecule has 26 heavy (non-hydrogen) atoms. The molecule has 2 aromatic rings. The first-order chi connectivity index (χ1) is 12.7. The molecule has 2 heterocycles. The Morgan fingerprint density at radius 1 is 1.27 bits per heavy atom. The summed E-state index contributed by atoms with van der Waals surface area (Å²) in [5.41, 5.74) is 0.966. The highest BCUT2D eigenvalue weighted by atomic mass is 32.2. The molecule has 2 atom stereocenters. The fraction of sp³-hybridized carbons (Fsp3) is 0.368. The number of carbonyl (C=O) groups is 2. The molecule has 1 aromatic carbocycles. The second kappa shape index (κ2) is 8.80. The lowest BCUT2D eigenvalue weighted by atomic mass is 10.00. The zero-order valence-electron chi connectivity index (χ0n) is 14.6. The van der Waals surface area contributed by atoms with Gasteiger partial charge < -0.3 is 19.8 Å². The first-order valence-electron chi connectivity index (χ1n) is 8.54. The van der Waals surface area contributed by atoms with Gasteiger partial charge in [0.25, 0.3) is 5.91 Å². The minimum Gasteiger partial charge on any atom is -0.493 e. The second-order valence-electron chi connectivity index (χ2n) is 6.02. The quantitative estimate of drug-likeness (QED) is 0.779.